The van der Waals surface area contributed by atoms with Crippen LogP contribution in [0.15, 0.2) is 60.7 Å². The van der Waals surface area contributed by atoms with Gasteiger partial charge in [-0.1, -0.05) is 62.4 Å². The van der Waals surface area contributed by atoms with E-state index in [0.717, 1.165) is 38.5 Å². The van der Waals surface area contributed by atoms with Crippen molar-refractivity contribution >= 4 is 5.69 Å². The molecule has 6 heteroatoms. The average Bonchev–Trinajstić information content (AvgIpc) is 3.17. The fourth-order valence-electron chi connectivity index (χ4n) is 4.40. The van der Waals surface area contributed by atoms with Crippen LogP contribution >= 0.6 is 0 Å². The summed E-state index contributed by atoms with van der Waals surface area (Å²) in [5.74, 6) is 1.49. The van der Waals surface area contributed by atoms with Crippen molar-refractivity contribution in [2.75, 3.05) is 26.2 Å². The van der Waals surface area contributed by atoms with Crippen LogP contribution in [0.1, 0.15) is 31.3 Å². The van der Waals surface area contributed by atoms with Gasteiger partial charge in [0.2, 0.25) is 5.82 Å². The normalized spacial score (nSPS) is 21.0. The van der Waals surface area contributed by atoms with E-state index in [1.54, 1.807) is 9.80 Å². The summed E-state index contributed by atoms with van der Waals surface area (Å²) in [7, 11) is 0. The molecule has 0 radical (unpaired) electrons. The van der Waals surface area contributed by atoms with E-state index in [1.165, 1.54) is 11.3 Å². The van der Waals surface area contributed by atoms with Crippen LogP contribution in [0.2, 0.25) is 0 Å². The molecule has 2 N–H and O–H groups in total. The number of piperazine rings is 1. The van der Waals surface area contributed by atoms with Gasteiger partial charge in [-0.25, -0.2) is 4.68 Å². The molecule has 3 aromatic rings. The standard InChI is InChI=1S/C22H28N6/c1-18(2)21(22-23-24-25-28(22)17-19-9-5-3-6-10-19)27-15-13-26(14-16-27)20-11-7-4-8-12-20/h3-12,18,21H,13-17H2,1-2H3/p+2/t21-/m0/s1. The predicted molar refractivity (Wildman–Crippen MR) is 108 cm³/mol. The molecule has 4 rings (SSSR count). The summed E-state index contributed by atoms with van der Waals surface area (Å²) < 4.78 is 1.99. The minimum atomic E-state index is 0.316. The lowest BCUT2D eigenvalue weighted by molar-refractivity contribution is -1.01. The fourth-order valence-corrected chi connectivity index (χ4v) is 4.40. The summed E-state index contributed by atoms with van der Waals surface area (Å²) in [5, 5.41) is 12.8. The number of benzene rings is 2. The van der Waals surface area contributed by atoms with Crippen molar-refractivity contribution in [2.45, 2.75) is 26.4 Å². The van der Waals surface area contributed by atoms with Gasteiger partial charge in [-0.2, -0.15) is 0 Å². The first kappa shape index (κ1) is 18.8. The van der Waals surface area contributed by atoms with Crippen molar-refractivity contribution in [2.24, 2.45) is 5.92 Å². The summed E-state index contributed by atoms with van der Waals surface area (Å²) in [6.07, 6.45) is 0. The number of quaternary nitrogens is 2. The molecule has 0 spiro atoms. The van der Waals surface area contributed by atoms with E-state index >= 15 is 0 Å². The minimum Gasteiger partial charge on any atom is -0.317 e. The lowest BCUT2D eigenvalue weighted by Gasteiger charge is -2.35. The molecule has 146 valence electrons. The van der Waals surface area contributed by atoms with Crippen LogP contribution in [0.5, 0.6) is 0 Å². The van der Waals surface area contributed by atoms with E-state index in [2.05, 4.69) is 84.0 Å². The number of hydrogen-bond acceptors (Lipinski definition) is 3. The van der Waals surface area contributed by atoms with Crippen LogP contribution in [0.25, 0.3) is 0 Å². The largest absolute Gasteiger partial charge is 0.317 e. The SMILES string of the molecule is CC(C)[C@@H](c1nnnn1Cc1ccccc1)[NH+]1CC[NH+](c2ccccc2)CC1. The van der Waals surface area contributed by atoms with Crippen LogP contribution < -0.4 is 9.80 Å². The van der Waals surface area contributed by atoms with Gasteiger partial charge in [0.15, 0.2) is 6.04 Å². The molecule has 1 aliphatic heterocycles. The van der Waals surface area contributed by atoms with E-state index < -0.39 is 0 Å². The molecule has 0 aliphatic carbocycles. The van der Waals surface area contributed by atoms with E-state index in [1.807, 2.05) is 10.7 Å². The van der Waals surface area contributed by atoms with Crippen LogP contribution in [0.4, 0.5) is 5.69 Å². The monoisotopic (exact) mass is 378 g/mol. The van der Waals surface area contributed by atoms with E-state index in [-0.39, 0.29) is 0 Å². The Morgan fingerprint density at radius 3 is 2.18 bits per heavy atom. The molecule has 1 aromatic heterocycles. The molecule has 1 fully saturated rings. The molecule has 1 saturated heterocycles. The van der Waals surface area contributed by atoms with Gasteiger partial charge in [-0.05, 0) is 28.1 Å². The molecule has 0 saturated carbocycles. The fraction of sp³-hybridized carbons (Fsp3) is 0.409. The summed E-state index contributed by atoms with van der Waals surface area (Å²) in [4.78, 5) is 3.18. The summed E-state index contributed by atoms with van der Waals surface area (Å²) in [6.45, 7) is 9.84. The molecule has 28 heavy (non-hydrogen) atoms. The van der Waals surface area contributed by atoms with Crippen molar-refractivity contribution in [3.63, 3.8) is 0 Å². The Balaban J connectivity index is 1.49. The highest BCUT2D eigenvalue weighted by molar-refractivity contribution is 5.27. The highest BCUT2D eigenvalue weighted by atomic mass is 15.6. The Bertz CT molecular complexity index is 853. The molecule has 6 nitrogen and oxygen atoms in total. The van der Waals surface area contributed by atoms with Crippen molar-refractivity contribution in [1.29, 1.82) is 0 Å². The minimum absolute atomic E-state index is 0.316. The van der Waals surface area contributed by atoms with E-state index in [9.17, 15) is 0 Å². The molecule has 1 aliphatic rings. The maximum Gasteiger partial charge on any atom is 0.209 e. The van der Waals surface area contributed by atoms with E-state index in [0.29, 0.717) is 12.0 Å². The molecular weight excluding hydrogens is 348 g/mol. The van der Waals surface area contributed by atoms with Gasteiger partial charge in [-0.15, -0.1) is 5.10 Å². The maximum atomic E-state index is 4.46. The van der Waals surface area contributed by atoms with Gasteiger partial charge in [0.25, 0.3) is 0 Å². The molecule has 2 aromatic carbocycles. The molecular formula is C22H30N6+2. The number of tetrazole rings is 1. The Hall–Kier alpha value is -2.57. The zero-order valence-electron chi connectivity index (χ0n) is 16.8. The zero-order valence-corrected chi connectivity index (χ0v) is 16.8. The highest BCUT2D eigenvalue weighted by Gasteiger charge is 2.36. The molecule has 2 heterocycles. The quantitative estimate of drug-likeness (QED) is 0.658. The summed E-state index contributed by atoms with van der Waals surface area (Å²) >= 11 is 0. The zero-order chi connectivity index (χ0) is 19.3. The van der Waals surface area contributed by atoms with Gasteiger partial charge in [0, 0.05) is 5.92 Å². The van der Waals surface area contributed by atoms with Crippen molar-refractivity contribution in [1.82, 2.24) is 20.2 Å². The first-order valence-electron chi connectivity index (χ1n) is 10.3. The second-order valence-electron chi connectivity index (χ2n) is 8.03. The van der Waals surface area contributed by atoms with Gasteiger partial charge in [0.1, 0.15) is 31.9 Å². The summed E-state index contributed by atoms with van der Waals surface area (Å²) in [6, 6.07) is 21.6. The highest BCUT2D eigenvalue weighted by Crippen LogP contribution is 2.17. The lowest BCUT2D eigenvalue weighted by atomic mass is 10.0. The van der Waals surface area contributed by atoms with Crippen LogP contribution in [-0.2, 0) is 6.54 Å². The first-order valence-corrected chi connectivity index (χ1v) is 10.3. The molecule has 1 atom stereocenters. The third-order valence-corrected chi connectivity index (χ3v) is 5.80. The number of aromatic nitrogens is 4. The predicted octanol–water partition coefficient (Wildman–Crippen LogP) is 0.534. The van der Waals surface area contributed by atoms with Crippen LogP contribution in [0, 0.1) is 5.92 Å². The molecule has 0 bridgehead atoms. The third kappa shape index (κ3) is 4.13. The number of hydrogen-bond donors (Lipinski definition) is 2. The Labute approximate surface area is 166 Å². The Morgan fingerprint density at radius 2 is 1.54 bits per heavy atom. The topological polar surface area (TPSA) is 52.5 Å². The van der Waals surface area contributed by atoms with Crippen LogP contribution in [0.3, 0.4) is 0 Å². The van der Waals surface area contributed by atoms with Crippen molar-refractivity contribution in [3.8, 4) is 0 Å². The lowest BCUT2D eigenvalue weighted by Crippen LogP contribution is -3.26. The smallest absolute Gasteiger partial charge is 0.209 e. The maximum absolute atomic E-state index is 4.46. The average molecular weight is 379 g/mol. The number of nitrogens with zero attached hydrogens (tertiary/aromatic N) is 4. The molecule has 0 unspecified atom stereocenters. The Kier molecular flexibility index (Phi) is 5.78. The van der Waals surface area contributed by atoms with Crippen LogP contribution in [-0.4, -0.2) is 46.4 Å². The van der Waals surface area contributed by atoms with Gasteiger partial charge in [0.05, 0.1) is 6.54 Å². The second kappa shape index (κ2) is 8.63. The van der Waals surface area contributed by atoms with E-state index in [4.69, 9.17) is 0 Å². The van der Waals surface area contributed by atoms with Gasteiger partial charge in [-0.3, -0.25) is 4.90 Å². The number of rotatable bonds is 6. The van der Waals surface area contributed by atoms with Gasteiger partial charge < -0.3 is 4.90 Å². The number of nitrogens with one attached hydrogen (secondary N) is 2. The number of para-hydroxylation sites is 1. The summed E-state index contributed by atoms with van der Waals surface area (Å²) in [5.41, 5.74) is 2.63. The first-order chi connectivity index (χ1) is 13.7. The van der Waals surface area contributed by atoms with Gasteiger partial charge >= 0.3 is 0 Å². The molecule has 0 amide bonds. The second-order valence-corrected chi connectivity index (χ2v) is 8.03. The van der Waals surface area contributed by atoms with Crippen molar-refractivity contribution in [3.05, 3.63) is 72.1 Å². The Morgan fingerprint density at radius 1 is 0.893 bits per heavy atom. The third-order valence-electron chi connectivity index (χ3n) is 5.80. The van der Waals surface area contributed by atoms with Crippen molar-refractivity contribution < 1.29 is 9.80 Å².